The van der Waals surface area contributed by atoms with Gasteiger partial charge in [-0.1, -0.05) is 0 Å². The number of hydrogen-bond acceptors (Lipinski definition) is 4. The van der Waals surface area contributed by atoms with Crippen molar-refractivity contribution in [2.75, 3.05) is 7.11 Å². The number of nitro benzene ring substituents is 1. The first kappa shape index (κ1) is 13.6. The highest BCUT2D eigenvalue weighted by Crippen LogP contribution is 2.36. The van der Waals surface area contributed by atoms with Gasteiger partial charge in [0.2, 0.25) is 0 Å². The third-order valence-electron chi connectivity index (χ3n) is 2.86. The van der Waals surface area contributed by atoms with E-state index >= 15 is 0 Å². The van der Waals surface area contributed by atoms with E-state index in [1.165, 1.54) is 12.1 Å². The summed E-state index contributed by atoms with van der Waals surface area (Å²) >= 11 is 9.27. The van der Waals surface area contributed by atoms with Crippen molar-refractivity contribution in [2.45, 2.75) is 24.0 Å². The highest BCUT2D eigenvalue weighted by atomic mass is 79.9. The van der Waals surface area contributed by atoms with Crippen molar-refractivity contribution in [1.82, 2.24) is 0 Å². The van der Waals surface area contributed by atoms with Crippen LogP contribution >= 0.6 is 27.5 Å². The summed E-state index contributed by atoms with van der Waals surface area (Å²) in [6.45, 7) is 0. The summed E-state index contributed by atoms with van der Waals surface area (Å²) in [5, 5.41) is 10.6. The molecule has 98 valence electrons. The molecule has 7 heteroatoms. The number of hydrogen-bond donors (Lipinski definition) is 0. The first-order valence-electron chi connectivity index (χ1n) is 5.30. The molecule has 1 saturated carbocycles. The van der Waals surface area contributed by atoms with Crippen LogP contribution in [-0.2, 0) is 4.74 Å². The monoisotopic (exact) mass is 335 g/mol. The summed E-state index contributed by atoms with van der Waals surface area (Å²) in [4.78, 5) is 10.2. The van der Waals surface area contributed by atoms with Gasteiger partial charge in [0.15, 0.2) is 0 Å². The second-order valence-corrected chi connectivity index (χ2v) is 5.40. The molecule has 1 fully saturated rings. The van der Waals surface area contributed by atoms with E-state index < -0.39 is 4.92 Å². The lowest BCUT2D eigenvalue weighted by Crippen LogP contribution is -2.52. The Labute approximate surface area is 117 Å². The molecule has 1 aliphatic carbocycles. The zero-order valence-corrected chi connectivity index (χ0v) is 11.8. The summed E-state index contributed by atoms with van der Waals surface area (Å²) in [7, 11) is 1.57. The molecule has 0 bridgehead atoms. The standard InChI is InChI=1S/C11H11BrClNO4/c1-17-11-8(13)5-10(11)18-9-4-6(14(15)16)2-3-7(9)12/h2-4,8,10-11H,5H2,1H3. The Morgan fingerprint density at radius 1 is 1.56 bits per heavy atom. The molecule has 1 aliphatic rings. The Balaban J connectivity index is 2.14. The van der Waals surface area contributed by atoms with Crippen LogP contribution in [0.3, 0.4) is 0 Å². The number of non-ortho nitro benzene ring substituents is 1. The molecule has 5 nitrogen and oxygen atoms in total. The second-order valence-electron chi connectivity index (χ2n) is 3.98. The normalized spacial score (nSPS) is 26.5. The van der Waals surface area contributed by atoms with Crippen molar-refractivity contribution in [2.24, 2.45) is 0 Å². The molecule has 0 heterocycles. The third kappa shape index (κ3) is 2.60. The van der Waals surface area contributed by atoms with E-state index in [-0.39, 0.29) is 23.3 Å². The quantitative estimate of drug-likeness (QED) is 0.481. The Bertz CT molecular complexity index is 470. The van der Waals surface area contributed by atoms with E-state index in [2.05, 4.69) is 15.9 Å². The molecule has 0 saturated heterocycles. The van der Waals surface area contributed by atoms with Crippen LogP contribution in [0, 0.1) is 10.1 Å². The topological polar surface area (TPSA) is 61.6 Å². The van der Waals surface area contributed by atoms with Gasteiger partial charge in [-0.3, -0.25) is 10.1 Å². The number of halogens is 2. The molecule has 0 N–H and O–H groups in total. The van der Waals surface area contributed by atoms with Gasteiger partial charge in [-0.15, -0.1) is 11.6 Å². The third-order valence-corrected chi connectivity index (χ3v) is 3.94. The predicted octanol–water partition coefficient (Wildman–Crippen LogP) is 3.13. The highest BCUT2D eigenvalue weighted by Gasteiger charge is 2.42. The van der Waals surface area contributed by atoms with E-state index in [4.69, 9.17) is 21.1 Å². The fourth-order valence-corrected chi connectivity index (χ4v) is 2.58. The molecule has 1 aromatic rings. The lowest BCUT2D eigenvalue weighted by atomic mass is 9.91. The lowest BCUT2D eigenvalue weighted by molar-refractivity contribution is -0.385. The van der Waals surface area contributed by atoms with Crippen molar-refractivity contribution in [1.29, 1.82) is 0 Å². The van der Waals surface area contributed by atoms with Crippen LogP contribution in [0.15, 0.2) is 22.7 Å². The minimum atomic E-state index is -0.460. The van der Waals surface area contributed by atoms with E-state index in [0.717, 1.165) is 0 Å². The Kier molecular flexibility index (Phi) is 4.09. The van der Waals surface area contributed by atoms with Gasteiger partial charge in [0, 0.05) is 19.6 Å². The summed E-state index contributed by atoms with van der Waals surface area (Å²) < 4.78 is 11.5. The molecule has 0 radical (unpaired) electrons. The first-order valence-corrected chi connectivity index (χ1v) is 6.53. The van der Waals surface area contributed by atoms with Gasteiger partial charge in [0.05, 0.1) is 20.8 Å². The maximum Gasteiger partial charge on any atom is 0.273 e. The molecule has 3 atom stereocenters. The first-order chi connectivity index (χ1) is 8.52. The average molecular weight is 337 g/mol. The number of ether oxygens (including phenoxy) is 2. The van der Waals surface area contributed by atoms with Gasteiger partial charge in [0.25, 0.3) is 5.69 Å². The Morgan fingerprint density at radius 3 is 2.83 bits per heavy atom. The van der Waals surface area contributed by atoms with Crippen LogP contribution in [-0.4, -0.2) is 29.6 Å². The van der Waals surface area contributed by atoms with Crippen LogP contribution in [0.2, 0.25) is 0 Å². The molecule has 2 rings (SSSR count). The number of rotatable bonds is 4. The van der Waals surface area contributed by atoms with E-state index in [0.29, 0.717) is 16.6 Å². The maximum atomic E-state index is 10.7. The zero-order chi connectivity index (χ0) is 13.3. The Hall–Kier alpha value is -0.850. The van der Waals surface area contributed by atoms with Gasteiger partial charge in [-0.05, 0) is 22.0 Å². The van der Waals surface area contributed by atoms with Crippen molar-refractivity contribution < 1.29 is 14.4 Å². The molecule has 18 heavy (non-hydrogen) atoms. The highest BCUT2D eigenvalue weighted by molar-refractivity contribution is 9.10. The Morgan fingerprint density at radius 2 is 2.28 bits per heavy atom. The number of nitrogens with zero attached hydrogens (tertiary/aromatic N) is 1. The largest absolute Gasteiger partial charge is 0.486 e. The van der Waals surface area contributed by atoms with Crippen LogP contribution in [0.1, 0.15) is 6.42 Å². The van der Waals surface area contributed by atoms with E-state index in [9.17, 15) is 10.1 Å². The smallest absolute Gasteiger partial charge is 0.273 e. The molecule has 0 spiro atoms. The van der Waals surface area contributed by atoms with Crippen molar-refractivity contribution >= 4 is 33.2 Å². The van der Waals surface area contributed by atoms with Crippen LogP contribution < -0.4 is 4.74 Å². The minimum Gasteiger partial charge on any atom is -0.486 e. The van der Waals surface area contributed by atoms with E-state index in [1.807, 2.05) is 0 Å². The molecular formula is C11H11BrClNO4. The van der Waals surface area contributed by atoms with Gasteiger partial charge in [-0.25, -0.2) is 0 Å². The fourth-order valence-electron chi connectivity index (χ4n) is 1.80. The molecule has 0 amide bonds. The minimum absolute atomic E-state index is 0.0103. The van der Waals surface area contributed by atoms with Crippen LogP contribution in [0.5, 0.6) is 5.75 Å². The van der Waals surface area contributed by atoms with Crippen LogP contribution in [0.25, 0.3) is 0 Å². The number of methoxy groups -OCH3 is 1. The van der Waals surface area contributed by atoms with Crippen LogP contribution in [0.4, 0.5) is 5.69 Å². The molecule has 3 unspecified atom stereocenters. The SMILES string of the molecule is COC1C(Cl)CC1Oc1cc([N+](=O)[O-])ccc1Br. The van der Waals surface area contributed by atoms with Gasteiger partial charge < -0.3 is 9.47 Å². The fraction of sp³-hybridized carbons (Fsp3) is 0.455. The van der Waals surface area contributed by atoms with Gasteiger partial charge in [-0.2, -0.15) is 0 Å². The summed E-state index contributed by atoms with van der Waals surface area (Å²) in [5.41, 5.74) is -0.0103. The van der Waals surface area contributed by atoms with Crippen molar-refractivity contribution in [3.63, 3.8) is 0 Å². The predicted molar refractivity (Wildman–Crippen MR) is 70.3 cm³/mol. The summed E-state index contributed by atoms with van der Waals surface area (Å²) in [6, 6.07) is 4.39. The molecule has 0 aliphatic heterocycles. The lowest BCUT2D eigenvalue weighted by Gasteiger charge is -2.39. The number of alkyl halides is 1. The van der Waals surface area contributed by atoms with Gasteiger partial charge in [0.1, 0.15) is 18.0 Å². The second kappa shape index (κ2) is 5.42. The molecular weight excluding hydrogens is 325 g/mol. The van der Waals surface area contributed by atoms with E-state index in [1.54, 1.807) is 13.2 Å². The summed E-state index contributed by atoms with van der Waals surface area (Å²) in [5.74, 6) is 0.430. The zero-order valence-electron chi connectivity index (χ0n) is 9.51. The number of nitro groups is 1. The maximum absolute atomic E-state index is 10.7. The van der Waals surface area contributed by atoms with Crippen molar-refractivity contribution in [3.8, 4) is 5.75 Å². The molecule has 1 aromatic carbocycles. The van der Waals surface area contributed by atoms with Gasteiger partial charge >= 0.3 is 0 Å². The summed E-state index contributed by atoms with van der Waals surface area (Å²) in [6.07, 6.45) is 0.309. The number of benzene rings is 1. The average Bonchev–Trinajstić information content (AvgIpc) is 2.31. The molecule has 0 aromatic heterocycles. The van der Waals surface area contributed by atoms with Crippen molar-refractivity contribution in [3.05, 3.63) is 32.8 Å².